The van der Waals surface area contributed by atoms with Crippen molar-refractivity contribution in [1.29, 1.82) is 0 Å². The molecule has 35 heavy (non-hydrogen) atoms. The van der Waals surface area contributed by atoms with Gasteiger partial charge in [0.25, 0.3) is 0 Å². The van der Waals surface area contributed by atoms with Crippen LogP contribution in [0.15, 0.2) is 42.5 Å². The first-order valence-electron chi connectivity index (χ1n) is 14.0. The van der Waals surface area contributed by atoms with E-state index < -0.39 is 11.8 Å². The van der Waals surface area contributed by atoms with Gasteiger partial charge in [-0.15, -0.1) is 0 Å². The van der Waals surface area contributed by atoms with Gasteiger partial charge in [-0.25, -0.2) is 4.79 Å². The summed E-state index contributed by atoms with van der Waals surface area (Å²) in [6.45, 7) is 3.33. The lowest BCUT2D eigenvalue weighted by molar-refractivity contribution is -0.136. The molecule has 1 amide bonds. The topological polar surface area (TPSA) is 66.8 Å². The van der Waals surface area contributed by atoms with Gasteiger partial charge in [0.1, 0.15) is 5.60 Å². The lowest BCUT2D eigenvalue weighted by Crippen LogP contribution is -2.47. The molecule has 1 heterocycles. The molecule has 0 atom stereocenters. The highest BCUT2D eigenvalue weighted by molar-refractivity contribution is 5.76. The van der Waals surface area contributed by atoms with Gasteiger partial charge < -0.3 is 14.7 Å². The molecule has 0 spiro atoms. The van der Waals surface area contributed by atoms with E-state index in [0.717, 1.165) is 18.4 Å². The number of rotatable bonds is 17. The lowest BCUT2D eigenvalue weighted by atomic mass is 9.84. The van der Waals surface area contributed by atoms with Crippen molar-refractivity contribution in [2.24, 2.45) is 0 Å². The second-order valence-corrected chi connectivity index (χ2v) is 9.94. The molecular weight excluding hydrogens is 438 g/mol. The summed E-state index contributed by atoms with van der Waals surface area (Å²) in [6, 6.07) is 9.52. The molecule has 1 saturated heterocycles. The van der Waals surface area contributed by atoms with E-state index in [9.17, 15) is 14.7 Å². The third kappa shape index (κ3) is 11.3. The summed E-state index contributed by atoms with van der Waals surface area (Å²) in [7, 11) is 0. The van der Waals surface area contributed by atoms with Crippen LogP contribution in [-0.4, -0.2) is 35.2 Å². The van der Waals surface area contributed by atoms with Gasteiger partial charge >= 0.3 is 6.16 Å². The molecule has 1 fully saturated rings. The molecule has 5 heteroatoms. The van der Waals surface area contributed by atoms with E-state index in [2.05, 4.69) is 19.1 Å². The van der Waals surface area contributed by atoms with Gasteiger partial charge in [-0.1, -0.05) is 101 Å². The molecule has 1 aliphatic rings. The quantitative estimate of drug-likeness (QED) is 0.137. The number of benzene rings is 1. The van der Waals surface area contributed by atoms with Crippen LogP contribution in [0, 0.1) is 0 Å². The third-order valence-corrected chi connectivity index (χ3v) is 7.16. The van der Waals surface area contributed by atoms with Crippen LogP contribution in [-0.2, 0) is 15.1 Å². The molecule has 196 valence electrons. The number of ether oxygens (including phenoxy) is 1. The van der Waals surface area contributed by atoms with E-state index in [0.29, 0.717) is 32.4 Å². The number of nitrogens with zero attached hydrogens (tertiary/aromatic N) is 1. The highest BCUT2D eigenvalue weighted by atomic mass is 16.7. The fourth-order valence-corrected chi connectivity index (χ4v) is 4.98. The number of hydrogen-bond acceptors (Lipinski definition) is 3. The third-order valence-electron chi connectivity index (χ3n) is 7.16. The number of carbonyl (C=O) groups excluding carboxylic acids is 1. The van der Waals surface area contributed by atoms with Gasteiger partial charge in [-0.05, 0) is 37.7 Å². The van der Waals surface area contributed by atoms with Crippen LogP contribution in [0.3, 0.4) is 0 Å². The van der Waals surface area contributed by atoms with E-state index in [1.165, 1.54) is 70.6 Å². The zero-order valence-electron chi connectivity index (χ0n) is 21.9. The maximum Gasteiger partial charge on any atom is 0.506 e. The molecular formula is C30H47NO4. The average molecular weight is 486 g/mol. The monoisotopic (exact) mass is 485 g/mol. The van der Waals surface area contributed by atoms with Crippen LogP contribution in [0.25, 0.3) is 0 Å². The molecule has 0 saturated carbocycles. The molecule has 1 aliphatic heterocycles. The molecule has 0 radical (unpaired) electrons. The highest BCUT2D eigenvalue weighted by Gasteiger charge is 2.40. The van der Waals surface area contributed by atoms with Crippen LogP contribution < -0.4 is 0 Å². The first-order chi connectivity index (χ1) is 17.1. The Morgan fingerprint density at radius 2 is 1.40 bits per heavy atom. The Balaban J connectivity index is 1.53. The molecule has 1 N–H and O–H groups in total. The smallest absolute Gasteiger partial charge is 0.450 e. The molecule has 1 aromatic rings. The van der Waals surface area contributed by atoms with E-state index in [4.69, 9.17) is 4.74 Å². The zero-order chi connectivity index (χ0) is 25.2. The summed E-state index contributed by atoms with van der Waals surface area (Å²) in [4.78, 5) is 25.9. The number of amides is 1. The number of likely N-dealkylation sites (tertiary alicyclic amines) is 1. The predicted octanol–water partition coefficient (Wildman–Crippen LogP) is 8.24. The molecule has 0 unspecified atom stereocenters. The Kier molecular flexibility index (Phi) is 14.2. The average Bonchev–Trinajstić information content (AvgIpc) is 2.87. The van der Waals surface area contributed by atoms with E-state index in [-0.39, 0.29) is 5.91 Å². The summed E-state index contributed by atoms with van der Waals surface area (Å²) in [5.74, 6) is 0.180. The Hall–Kier alpha value is -2.30. The van der Waals surface area contributed by atoms with Crippen LogP contribution in [0.1, 0.15) is 115 Å². The number of hydrogen-bond donors (Lipinski definition) is 1. The van der Waals surface area contributed by atoms with E-state index >= 15 is 0 Å². The molecule has 1 aromatic carbocycles. The Bertz CT molecular complexity index is 738. The fraction of sp³-hybridized carbons (Fsp3) is 0.667. The number of unbranched alkanes of at least 4 members (excludes halogenated alkanes) is 11. The number of carbonyl (C=O) groups is 2. The Morgan fingerprint density at radius 3 is 1.97 bits per heavy atom. The highest BCUT2D eigenvalue weighted by Crippen LogP contribution is 2.37. The Labute approximate surface area is 212 Å². The SMILES string of the molecule is CCCCCCCC/C=C\CCCCCCCC(=O)N1CCC(OC(=O)O)(c2ccccc2)CC1. The molecule has 5 nitrogen and oxygen atoms in total. The van der Waals surface area contributed by atoms with Crippen LogP contribution >= 0.6 is 0 Å². The van der Waals surface area contributed by atoms with Crippen molar-refractivity contribution >= 4 is 12.1 Å². The van der Waals surface area contributed by atoms with Gasteiger partial charge in [0.15, 0.2) is 0 Å². The van der Waals surface area contributed by atoms with Crippen molar-refractivity contribution < 1.29 is 19.4 Å². The minimum absolute atomic E-state index is 0.180. The first kappa shape index (κ1) is 28.9. The molecule has 2 rings (SSSR count). The molecule has 0 aromatic heterocycles. The van der Waals surface area contributed by atoms with Crippen molar-refractivity contribution in [2.75, 3.05) is 13.1 Å². The van der Waals surface area contributed by atoms with Gasteiger partial charge in [0, 0.05) is 32.4 Å². The van der Waals surface area contributed by atoms with Gasteiger partial charge in [-0.3, -0.25) is 4.79 Å². The van der Waals surface area contributed by atoms with Crippen molar-refractivity contribution in [3.8, 4) is 0 Å². The summed E-state index contributed by atoms with van der Waals surface area (Å²) in [6.07, 6.45) is 21.2. The van der Waals surface area contributed by atoms with Crippen LogP contribution in [0.2, 0.25) is 0 Å². The number of allylic oxidation sites excluding steroid dienone is 2. The summed E-state index contributed by atoms with van der Waals surface area (Å²) < 4.78 is 5.36. The van der Waals surface area contributed by atoms with Gasteiger partial charge in [0.2, 0.25) is 5.91 Å². The lowest BCUT2D eigenvalue weighted by Gasteiger charge is -2.40. The predicted molar refractivity (Wildman–Crippen MR) is 142 cm³/mol. The Morgan fingerprint density at radius 1 is 0.857 bits per heavy atom. The summed E-state index contributed by atoms with van der Waals surface area (Å²) >= 11 is 0. The second kappa shape index (κ2) is 17.2. The second-order valence-electron chi connectivity index (χ2n) is 9.94. The van der Waals surface area contributed by atoms with Crippen molar-refractivity contribution in [3.63, 3.8) is 0 Å². The van der Waals surface area contributed by atoms with Crippen molar-refractivity contribution in [1.82, 2.24) is 4.90 Å². The maximum atomic E-state index is 12.7. The fourth-order valence-electron chi connectivity index (χ4n) is 4.98. The largest absolute Gasteiger partial charge is 0.506 e. The standard InChI is InChI=1S/C30H47NO4/c1-2-3-4-5-6-7-8-9-10-11-12-13-14-15-19-22-28(32)31-25-23-30(24-26-31,35-29(33)34)27-20-17-16-18-21-27/h9-10,16-18,20-21H,2-8,11-15,19,22-26H2,1H3,(H,33,34)/b10-9-. The van der Waals surface area contributed by atoms with Crippen LogP contribution in [0.5, 0.6) is 0 Å². The first-order valence-corrected chi connectivity index (χ1v) is 14.0. The van der Waals surface area contributed by atoms with E-state index in [1.54, 1.807) is 0 Å². The van der Waals surface area contributed by atoms with Crippen molar-refractivity contribution in [3.05, 3.63) is 48.0 Å². The minimum Gasteiger partial charge on any atom is -0.450 e. The normalized spacial score (nSPS) is 15.4. The summed E-state index contributed by atoms with van der Waals surface area (Å²) in [5, 5.41) is 9.26. The molecule has 0 bridgehead atoms. The maximum absolute atomic E-state index is 12.7. The van der Waals surface area contributed by atoms with Crippen molar-refractivity contribution in [2.45, 2.75) is 115 Å². The molecule has 0 aliphatic carbocycles. The minimum atomic E-state index is -1.26. The van der Waals surface area contributed by atoms with Crippen LogP contribution in [0.4, 0.5) is 4.79 Å². The van der Waals surface area contributed by atoms with E-state index in [1.807, 2.05) is 35.2 Å². The van der Waals surface area contributed by atoms with Gasteiger partial charge in [-0.2, -0.15) is 0 Å². The zero-order valence-corrected chi connectivity index (χ0v) is 21.9. The number of carboxylic acid groups (broad SMARTS) is 1. The summed E-state index contributed by atoms with van der Waals surface area (Å²) in [5.41, 5.74) is 0.0132. The number of piperidine rings is 1. The van der Waals surface area contributed by atoms with Gasteiger partial charge in [0.05, 0.1) is 0 Å².